The summed E-state index contributed by atoms with van der Waals surface area (Å²) in [6.45, 7) is 1.01. The van der Waals surface area contributed by atoms with E-state index in [0.29, 0.717) is 6.54 Å². The van der Waals surface area contributed by atoms with Gasteiger partial charge in [0.05, 0.1) is 18.9 Å². The molecular weight excluding hydrogens is 447 g/mol. The molecule has 33 heavy (non-hydrogen) atoms. The molecule has 1 aliphatic heterocycles. The smallest absolute Gasteiger partial charge is 0.290 e. The van der Waals surface area contributed by atoms with Gasteiger partial charge in [-0.2, -0.15) is 0 Å². The summed E-state index contributed by atoms with van der Waals surface area (Å²) in [4.78, 5) is 30.6. The number of rotatable bonds is 9. The fourth-order valence-corrected chi connectivity index (χ4v) is 4.80. The summed E-state index contributed by atoms with van der Waals surface area (Å²) >= 11 is 1.63. The lowest BCUT2D eigenvalue weighted by Gasteiger charge is -2.37. The van der Waals surface area contributed by atoms with E-state index in [0.717, 1.165) is 12.0 Å². The van der Waals surface area contributed by atoms with Gasteiger partial charge in [0.25, 0.3) is 5.91 Å². The second kappa shape index (κ2) is 10.6. The van der Waals surface area contributed by atoms with Gasteiger partial charge in [0.15, 0.2) is 17.3 Å². The van der Waals surface area contributed by atoms with Crippen molar-refractivity contribution >= 4 is 23.2 Å². The summed E-state index contributed by atoms with van der Waals surface area (Å²) in [5.41, 5.74) is 0.997. The van der Waals surface area contributed by atoms with Gasteiger partial charge in [-0.1, -0.05) is 12.1 Å². The van der Waals surface area contributed by atoms with Crippen LogP contribution in [0.1, 0.15) is 27.0 Å². The van der Waals surface area contributed by atoms with E-state index in [1.165, 1.54) is 29.2 Å². The van der Waals surface area contributed by atoms with Gasteiger partial charge < -0.3 is 23.7 Å². The molecule has 0 radical (unpaired) electrons. The molecule has 9 heteroatoms. The zero-order chi connectivity index (χ0) is 23.2. The zero-order valence-electron chi connectivity index (χ0n) is 18.2. The van der Waals surface area contributed by atoms with Crippen LogP contribution in [0.15, 0.2) is 58.5 Å². The number of thiophene rings is 1. The number of amides is 2. The number of hydrogen-bond donors (Lipinski definition) is 0. The summed E-state index contributed by atoms with van der Waals surface area (Å²) in [7, 11) is 1.54. The van der Waals surface area contributed by atoms with E-state index in [1.807, 2.05) is 11.4 Å². The molecule has 7 nitrogen and oxygen atoms in total. The fourth-order valence-electron chi connectivity index (χ4n) is 3.87. The van der Waals surface area contributed by atoms with Crippen LogP contribution in [0.2, 0.25) is 0 Å². The second-order valence-electron chi connectivity index (χ2n) is 7.59. The highest BCUT2D eigenvalue weighted by atomic mass is 32.1. The van der Waals surface area contributed by atoms with E-state index < -0.39 is 5.82 Å². The van der Waals surface area contributed by atoms with E-state index in [9.17, 15) is 14.0 Å². The van der Waals surface area contributed by atoms with Crippen LogP contribution in [0.3, 0.4) is 0 Å². The van der Waals surface area contributed by atoms with Crippen molar-refractivity contribution in [2.45, 2.75) is 12.5 Å². The standard InChI is InChI=1S/C24H25FN2O5S/c1-30-13-11-26(24(29)21-7-4-12-31-21)15-23(28)27-10-8-22-17(9-14-33-22)19(27)16-32-20-6-3-2-5-18(20)25/h2-7,9,12,14,19H,8,10-11,13,15-16H2,1H3/t19-/m1/s1. The van der Waals surface area contributed by atoms with Crippen molar-refractivity contribution in [2.75, 3.05) is 40.0 Å². The van der Waals surface area contributed by atoms with E-state index >= 15 is 0 Å². The molecule has 4 rings (SSSR count). The van der Waals surface area contributed by atoms with Crippen LogP contribution in [0, 0.1) is 5.82 Å². The predicted octanol–water partition coefficient (Wildman–Crippen LogP) is 3.77. The number of carbonyl (C=O) groups is 2. The molecule has 1 atom stereocenters. The maximum Gasteiger partial charge on any atom is 0.290 e. The average molecular weight is 473 g/mol. The van der Waals surface area contributed by atoms with Crippen LogP contribution in [-0.2, 0) is 16.0 Å². The SMILES string of the molecule is COCCN(CC(=O)N1CCc2sccc2[C@H]1COc1ccccc1F)C(=O)c1ccco1. The molecule has 0 bridgehead atoms. The Kier molecular flexibility index (Phi) is 7.41. The number of methoxy groups -OCH3 is 1. The molecule has 0 N–H and O–H groups in total. The van der Waals surface area contributed by atoms with Gasteiger partial charge >= 0.3 is 0 Å². The van der Waals surface area contributed by atoms with Crippen LogP contribution in [0.25, 0.3) is 0 Å². The van der Waals surface area contributed by atoms with Crippen molar-refractivity contribution in [3.63, 3.8) is 0 Å². The maximum absolute atomic E-state index is 14.1. The third kappa shape index (κ3) is 5.26. The van der Waals surface area contributed by atoms with Crippen LogP contribution < -0.4 is 4.74 Å². The number of fused-ring (bicyclic) bond motifs is 1. The van der Waals surface area contributed by atoms with E-state index in [-0.39, 0.29) is 55.7 Å². The topological polar surface area (TPSA) is 72.2 Å². The van der Waals surface area contributed by atoms with Crippen LogP contribution in [0.5, 0.6) is 5.75 Å². The lowest BCUT2D eigenvalue weighted by molar-refractivity contribution is -0.135. The van der Waals surface area contributed by atoms with Crippen molar-refractivity contribution in [3.8, 4) is 5.75 Å². The number of carbonyl (C=O) groups excluding carboxylic acids is 2. The quantitative estimate of drug-likeness (QED) is 0.474. The molecule has 174 valence electrons. The van der Waals surface area contributed by atoms with Crippen LogP contribution in [0.4, 0.5) is 4.39 Å². The second-order valence-corrected chi connectivity index (χ2v) is 8.59. The normalized spacial score (nSPS) is 15.2. The number of ether oxygens (including phenoxy) is 2. The minimum atomic E-state index is -0.452. The van der Waals surface area contributed by atoms with E-state index in [2.05, 4.69) is 0 Å². The maximum atomic E-state index is 14.1. The van der Waals surface area contributed by atoms with Crippen molar-refractivity contribution in [3.05, 3.63) is 76.1 Å². The van der Waals surface area contributed by atoms with E-state index in [1.54, 1.807) is 46.6 Å². The van der Waals surface area contributed by atoms with Crippen LogP contribution in [-0.4, -0.2) is 61.6 Å². The molecule has 2 amide bonds. The first-order chi connectivity index (χ1) is 16.1. The largest absolute Gasteiger partial charge is 0.488 e. The molecular formula is C24H25FN2O5S. The Balaban J connectivity index is 1.52. The molecule has 2 aromatic heterocycles. The van der Waals surface area contributed by atoms with Crippen molar-refractivity contribution in [1.82, 2.24) is 9.80 Å². The Hall–Kier alpha value is -3.17. The van der Waals surface area contributed by atoms with E-state index in [4.69, 9.17) is 13.9 Å². The highest BCUT2D eigenvalue weighted by Crippen LogP contribution is 2.34. The molecule has 3 aromatic rings. The predicted molar refractivity (Wildman–Crippen MR) is 121 cm³/mol. The average Bonchev–Trinajstić information content (AvgIpc) is 3.52. The van der Waals surface area contributed by atoms with Crippen molar-refractivity contribution in [1.29, 1.82) is 0 Å². The number of furan rings is 1. The zero-order valence-corrected chi connectivity index (χ0v) is 19.1. The molecule has 0 fully saturated rings. The molecule has 0 unspecified atom stereocenters. The lowest BCUT2D eigenvalue weighted by Crippen LogP contribution is -2.48. The van der Waals surface area contributed by atoms with Crippen molar-refractivity contribution < 1.29 is 27.9 Å². The monoisotopic (exact) mass is 472 g/mol. The summed E-state index contributed by atoms with van der Waals surface area (Å²) < 4.78 is 30.2. The minimum absolute atomic E-state index is 0.112. The first kappa shape index (κ1) is 23.0. The Morgan fingerprint density at radius 1 is 1.24 bits per heavy atom. The molecule has 0 spiro atoms. The summed E-state index contributed by atoms with van der Waals surface area (Å²) in [5.74, 6) is -0.742. The van der Waals surface area contributed by atoms with Gasteiger partial charge in [-0.3, -0.25) is 9.59 Å². The van der Waals surface area contributed by atoms with Gasteiger partial charge in [0.2, 0.25) is 5.91 Å². The Bertz CT molecular complexity index is 1080. The third-order valence-electron chi connectivity index (χ3n) is 5.56. The minimum Gasteiger partial charge on any atom is -0.488 e. The molecule has 3 heterocycles. The molecule has 0 saturated heterocycles. The molecule has 1 aromatic carbocycles. The first-order valence-corrected chi connectivity index (χ1v) is 11.5. The van der Waals surface area contributed by atoms with Gasteiger partial charge in [-0.15, -0.1) is 11.3 Å². The first-order valence-electron chi connectivity index (χ1n) is 10.6. The van der Waals surface area contributed by atoms with Gasteiger partial charge in [-0.25, -0.2) is 4.39 Å². The van der Waals surface area contributed by atoms with Gasteiger partial charge in [0, 0.05) is 25.1 Å². The summed E-state index contributed by atoms with van der Waals surface area (Å²) in [6.07, 6.45) is 2.14. The highest BCUT2D eigenvalue weighted by molar-refractivity contribution is 7.10. The molecule has 0 saturated carbocycles. The van der Waals surface area contributed by atoms with Crippen LogP contribution >= 0.6 is 11.3 Å². The van der Waals surface area contributed by atoms with Crippen molar-refractivity contribution in [2.24, 2.45) is 0 Å². The number of halogens is 1. The number of nitrogens with zero attached hydrogens (tertiary/aromatic N) is 2. The molecule has 0 aliphatic carbocycles. The Labute approximate surface area is 195 Å². The number of para-hydroxylation sites is 1. The number of hydrogen-bond acceptors (Lipinski definition) is 6. The lowest BCUT2D eigenvalue weighted by atomic mass is 10.0. The third-order valence-corrected chi connectivity index (χ3v) is 6.56. The Morgan fingerprint density at radius 2 is 2.09 bits per heavy atom. The summed E-state index contributed by atoms with van der Waals surface area (Å²) in [5, 5.41) is 1.99. The fraction of sp³-hybridized carbons (Fsp3) is 0.333. The Morgan fingerprint density at radius 3 is 2.85 bits per heavy atom. The summed E-state index contributed by atoms with van der Waals surface area (Å²) in [6, 6.07) is 11.0. The van der Waals surface area contributed by atoms with Gasteiger partial charge in [0.1, 0.15) is 13.2 Å². The van der Waals surface area contributed by atoms with Gasteiger partial charge in [-0.05, 0) is 47.7 Å². The molecule has 1 aliphatic rings. The number of benzene rings is 1. The highest BCUT2D eigenvalue weighted by Gasteiger charge is 2.34.